The van der Waals surface area contributed by atoms with E-state index in [2.05, 4.69) is 15.6 Å². The highest BCUT2D eigenvalue weighted by Crippen LogP contribution is 2.19. The molecule has 0 saturated carbocycles. The highest BCUT2D eigenvalue weighted by Gasteiger charge is 2.11. The first-order chi connectivity index (χ1) is 14.6. The van der Waals surface area contributed by atoms with Crippen LogP contribution in [-0.4, -0.2) is 35.9 Å². The molecular formula is C23H25N3O4. The van der Waals surface area contributed by atoms with Gasteiger partial charge in [-0.3, -0.25) is 14.4 Å². The van der Waals surface area contributed by atoms with E-state index in [0.29, 0.717) is 24.2 Å². The number of esters is 1. The molecule has 0 atom stereocenters. The van der Waals surface area contributed by atoms with E-state index in [1.165, 1.54) is 0 Å². The Bertz CT molecular complexity index is 1040. The number of anilines is 1. The molecule has 3 rings (SSSR count). The van der Waals surface area contributed by atoms with Gasteiger partial charge >= 0.3 is 5.97 Å². The molecule has 0 aliphatic rings. The van der Waals surface area contributed by atoms with Gasteiger partial charge in [-0.2, -0.15) is 0 Å². The Balaban J connectivity index is 1.41. The van der Waals surface area contributed by atoms with E-state index in [1.54, 1.807) is 24.3 Å². The summed E-state index contributed by atoms with van der Waals surface area (Å²) in [4.78, 5) is 39.1. The molecule has 0 aliphatic heterocycles. The normalized spacial score (nSPS) is 10.6. The summed E-state index contributed by atoms with van der Waals surface area (Å²) < 4.78 is 5.06. The van der Waals surface area contributed by atoms with Crippen LogP contribution in [0.3, 0.4) is 0 Å². The van der Waals surface area contributed by atoms with E-state index in [-0.39, 0.29) is 18.9 Å². The van der Waals surface area contributed by atoms with Crippen LogP contribution >= 0.6 is 0 Å². The molecule has 0 saturated heterocycles. The van der Waals surface area contributed by atoms with Crippen molar-refractivity contribution in [3.05, 3.63) is 65.9 Å². The van der Waals surface area contributed by atoms with Crippen LogP contribution in [0.1, 0.15) is 35.7 Å². The summed E-state index contributed by atoms with van der Waals surface area (Å²) in [5, 5.41) is 6.48. The molecule has 3 N–H and O–H groups in total. The fraction of sp³-hybridized carbons (Fsp3) is 0.261. The van der Waals surface area contributed by atoms with Gasteiger partial charge in [-0.1, -0.05) is 24.3 Å². The number of carbonyl (C=O) groups excluding carboxylic acids is 3. The third kappa shape index (κ3) is 5.70. The average molecular weight is 407 g/mol. The fourth-order valence-electron chi connectivity index (χ4n) is 3.18. The molecule has 30 heavy (non-hydrogen) atoms. The second kappa shape index (κ2) is 10.2. The van der Waals surface area contributed by atoms with Crippen LogP contribution in [0.5, 0.6) is 0 Å². The molecule has 0 fully saturated rings. The Labute approximate surface area is 174 Å². The molecule has 156 valence electrons. The van der Waals surface area contributed by atoms with E-state index in [4.69, 9.17) is 4.74 Å². The number of carbonyl (C=O) groups is 3. The molecule has 0 bridgehead atoms. The van der Waals surface area contributed by atoms with Crippen molar-refractivity contribution in [2.75, 3.05) is 18.5 Å². The van der Waals surface area contributed by atoms with Gasteiger partial charge in [-0.25, -0.2) is 0 Å². The summed E-state index contributed by atoms with van der Waals surface area (Å²) in [6, 6.07) is 14.6. The van der Waals surface area contributed by atoms with Gasteiger partial charge in [0.1, 0.15) is 0 Å². The van der Waals surface area contributed by atoms with Crippen molar-refractivity contribution in [3.8, 4) is 0 Å². The number of nitrogens with one attached hydrogen (secondary N) is 3. The third-order valence-corrected chi connectivity index (χ3v) is 4.61. The topological polar surface area (TPSA) is 100 Å². The maximum absolute atomic E-state index is 12.0. The van der Waals surface area contributed by atoms with Gasteiger partial charge in [-0.05, 0) is 49.6 Å². The van der Waals surface area contributed by atoms with E-state index < -0.39 is 11.9 Å². The molecule has 3 aromatic rings. The number of amides is 2. The number of aryl methyl sites for hydroxylation is 1. The number of ether oxygens (including phenoxy) is 1. The molecule has 0 radical (unpaired) electrons. The lowest BCUT2D eigenvalue weighted by Gasteiger charge is -2.08. The first-order valence-electron chi connectivity index (χ1n) is 9.95. The quantitative estimate of drug-likeness (QED) is 0.473. The number of para-hydroxylation sites is 1. The molecule has 1 heterocycles. The zero-order chi connectivity index (χ0) is 21.3. The Morgan fingerprint density at radius 1 is 1.07 bits per heavy atom. The van der Waals surface area contributed by atoms with Crippen molar-refractivity contribution >= 4 is 34.4 Å². The predicted molar refractivity (Wildman–Crippen MR) is 115 cm³/mol. The second-order valence-corrected chi connectivity index (χ2v) is 6.86. The zero-order valence-electron chi connectivity index (χ0n) is 16.9. The summed E-state index contributed by atoms with van der Waals surface area (Å²) in [7, 11) is 0. The van der Waals surface area contributed by atoms with Gasteiger partial charge in [0.15, 0.2) is 6.61 Å². The highest BCUT2D eigenvalue weighted by atomic mass is 16.5. The molecule has 0 spiro atoms. The molecule has 0 unspecified atom stereocenters. The Kier molecular flexibility index (Phi) is 7.21. The minimum atomic E-state index is -0.451. The number of rotatable bonds is 9. The third-order valence-electron chi connectivity index (χ3n) is 4.61. The smallest absolute Gasteiger partial charge is 0.306 e. The Morgan fingerprint density at radius 2 is 1.90 bits per heavy atom. The lowest BCUT2D eigenvalue weighted by atomic mass is 10.1. The number of hydrogen-bond acceptors (Lipinski definition) is 4. The van der Waals surface area contributed by atoms with Crippen LogP contribution in [0.4, 0.5) is 5.69 Å². The minimum absolute atomic E-state index is 0.213. The monoisotopic (exact) mass is 407 g/mol. The molecular weight excluding hydrogens is 382 g/mol. The van der Waals surface area contributed by atoms with Crippen LogP contribution < -0.4 is 10.6 Å². The van der Waals surface area contributed by atoms with Crippen molar-refractivity contribution in [2.24, 2.45) is 0 Å². The number of aromatic amines is 1. The van der Waals surface area contributed by atoms with Crippen LogP contribution in [0.25, 0.3) is 10.9 Å². The number of aromatic nitrogens is 1. The minimum Gasteiger partial charge on any atom is -0.456 e. The Hall–Kier alpha value is -3.61. The maximum atomic E-state index is 12.0. The van der Waals surface area contributed by atoms with Gasteiger partial charge in [0.25, 0.3) is 11.8 Å². The average Bonchev–Trinajstić information content (AvgIpc) is 3.16. The van der Waals surface area contributed by atoms with Gasteiger partial charge < -0.3 is 20.4 Å². The van der Waals surface area contributed by atoms with Crippen molar-refractivity contribution in [2.45, 2.75) is 26.2 Å². The summed E-state index contributed by atoms with van der Waals surface area (Å²) in [5.41, 5.74) is 3.15. The maximum Gasteiger partial charge on any atom is 0.306 e. The SMILES string of the molecule is CCNC(=O)c1cccc(NC(=O)COC(=O)CCCc2c[nH]c3ccccc23)c1. The lowest BCUT2D eigenvalue weighted by Crippen LogP contribution is -2.23. The molecule has 2 aromatic carbocycles. The van der Waals surface area contributed by atoms with Gasteiger partial charge in [0.2, 0.25) is 0 Å². The predicted octanol–water partition coefficient (Wildman–Crippen LogP) is 3.42. The highest BCUT2D eigenvalue weighted by molar-refractivity contribution is 5.97. The first-order valence-corrected chi connectivity index (χ1v) is 9.95. The van der Waals surface area contributed by atoms with E-state index in [1.807, 2.05) is 37.4 Å². The summed E-state index contributed by atoms with van der Waals surface area (Å²) in [6.45, 7) is 1.99. The Morgan fingerprint density at radius 3 is 2.73 bits per heavy atom. The largest absolute Gasteiger partial charge is 0.456 e. The molecule has 7 nitrogen and oxygen atoms in total. The molecule has 2 amide bonds. The number of benzene rings is 2. The number of fused-ring (bicyclic) bond motifs is 1. The standard InChI is InChI=1S/C23H25N3O4/c1-2-24-23(29)16-7-5-9-18(13-16)26-21(27)15-30-22(28)12-6-8-17-14-25-20-11-4-3-10-19(17)20/h3-5,7,9-11,13-14,25H,2,6,8,12,15H2,1H3,(H,24,29)(H,26,27). The van der Waals surface area contributed by atoms with Crippen molar-refractivity contribution in [3.63, 3.8) is 0 Å². The van der Waals surface area contributed by atoms with Gasteiger partial charge in [0, 0.05) is 41.3 Å². The summed E-state index contributed by atoms with van der Waals surface area (Å²) >= 11 is 0. The van der Waals surface area contributed by atoms with Gasteiger partial charge in [0.05, 0.1) is 0 Å². The van der Waals surface area contributed by atoms with Crippen LogP contribution in [0.2, 0.25) is 0 Å². The van der Waals surface area contributed by atoms with Crippen molar-refractivity contribution in [1.82, 2.24) is 10.3 Å². The van der Waals surface area contributed by atoms with E-state index in [0.717, 1.165) is 22.9 Å². The van der Waals surface area contributed by atoms with Crippen molar-refractivity contribution < 1.29 is 19.1 Å². The molecule has 7 heteroatoms. The summed E-state index contributed by atoms with van der Waals surface area (Å²) in [6.07, 6.45) is 3.58. The number of H-pyrrole nitrogens is 1. The summed E-state index contributed by atoms with van der Waals surface area (Å²) in [5.74, 6) is -1.08. The lowest BCUT2D eigenvalue weighted by molar-refractivity contribution is -0.147. The van der Waals surface area contributed by atoms with Crippen LogP contribution in [0.15, 0.2) is 54.7 Å². The van der Waals surface area contributed by atoms with E-state index in [9.17, 15) is 14.4 Å². The molecule has 1 aromatic heterocycles. The fourth-order valence-corrected chi connectivity index (χ4v) is 3.18. The second-order valence-electron chi connectivity index (χ2n) is 6.86. The van der Waals surface area contributed by atoms with Crippen molar-refractivity contribution in [1.29, 1.82) is 0 Å². The van der Waals surface area contributed by atoms with Crippen LogP contribution in [0, 0.1) is 0 Å². The zero-order valence-corrected chi connectivity index (χ0v) is 16.9. The molecule has 0 aliphatic carbocycles. The van der Waals surface area contributed by atoms with Gasteiger partial charge in [-0.15, -0.1) is 0 Å². The first kappa shape index (κ1) is 21.1. The van der Waals surface area contributed by atoms with E-state index >= 15 is 0 Å². The van der Waals surface area contributed by atoms with Crippen LogP contribution in [-0.2, 0) is 20.7 Å². The number of hydrogen-bond donors (Lipinski definition) is 3.